The topological polar surface area (TPSA) is 23.6 Å². The lowest BCUT2D eigenvalue weighted by Gasteiger charge is -2.19. The molecule has 0 radical (unpaired) electrons. The maximum absolute atomic E-state index is 12.7. The van der Waals surface area contributed by atoms with Crippen LogP contribution in [-0.4, -0.2) is 48.9 Å². The van der Waals surface area contributed by atoms with Gasteiger partial charge in [0.15, 0.2) is 0 Å². The summed E-state index contributed by atoms with van der Waals surface area (Å²) in [6.45, 7) is 6.15. The average molecular weight is 306 g/mol. The summed E-state index contributed by atoms with van der Waals surface area (Å²) in [6, 6.07) is 2.19. The van der Waals surface area contributed by atoms with Gasteiger partial charge in [-0.05, 0) is 56.8 Å². The van der Waals surface area contributed by atoms with Crippen LogP contribution < -0.4 is 0 Å². The summed E-state index contributed by atoms with van der Waals surface area (Å²) in [5.41, 5.74) is 1.45. The lowest BCUT2D eigenvalue weighted by Crippen LogP contribution is -2.34. The minimum atomic E-state index is 0.262. The predicted molar refractivity (Wildman–Crippen MR) is 88.1 cm³/mol. The van der Waals surface area contributed by atoms with Gasteiger partial charge in [-0.1, -0.05) is 13.3 Å². The first-order valence-electron chi connectivity index (χ1n) is 8.26. The number of aryl methyl sites for hydroxylation is 1. The first-order valence-corrected chi connectivity index (χ1v) is 9.08. The maximum atomic E-state index is 12.7. The fourth-order valence-corrected chi connectivity index (χ4v) is 4.63. The van der Waals surface area contributed by atoms with E-state index in [9.17, 15) is 4.79 Å². The van der Waals surface area contributed by atoms with E-state index in [0.717, 1.165) is 43.4 Å². The zero-order valence-electron chi connectivity index (χ0n) is 13.2. The fraction of sp³-hybridized carbons (Fsp3) is 0.706. The Morgan fingerprint density at radius 3 is 3.00 bits per heavy atom. The largest absolute Gasteiger partial charge is 0.337 e. The van der Waals surface area contributed by atoms with Crippen molar-refractivity contribution in [2.24, 2.45) is 5.92 Å². The summed E-state index contributed by atoms with van der Waals surface area (Å²) >= 11 is 1.75. The minimum Gasteiger partial charge on any atom is -0.337 e. The smallest absolute Gasteiger partial charge is 0.263 e. The van der Waals surface area contributed by atoms with Crippen molar-refractivity contribution in [3.05, 3.63) is 21.4 Å². The highest BCUT2D eigenvalue weighted by atomic mass is 32.1. The number of hydrogen-bond donors (Lipinski definition) is 0. The van der Waals surface area contributed by atoms with Gasteiger partial charge >= 0.3 is 0 Å². The van der Waals surface area contributed by atoms with Gasteiger partial charge in [-0.15, -0.1) is 11.3 Å². The molecule has 0 bridgehead atoms. The van der Waals surface area contributed by atoms with Crippen molar-refractivity contribution < 1.29 is 4.79 Å². The highest BCUT2D eigenvalue weighted by Gasteiger charge is 2.25. The molecular formula is C17H26N2OS. The molecule has 0 unspecified atom stereocenters. The molecule has 1 aromatic heterocycles. The zero-order chi connectivity index (χ0) is 14.8. The minimum absolute atomic E-state index is 0.262. The van der Waals surface area contributed by atoms with Crippen molar-refractivity contribution >= 4 is 17.2 Å². The number of amides is 1. The van der Waals surface area contributed by atoms with E-state index in [-0.39, 0.29) is 5.91 Å². The highest BCUT2D eigenvalue weighted by Crippen LogP contribution is 2.34. The Morgan fingerprint density at radius 1 is 1.33 bits per heavy atom. The van der Waals surface area contributed by atoms with Gasteiger partial charge in [-0.3, -0.25) is 4.79 Å². The van der Waals surface area contributed by atoms with Gasteiger partial charge in [0.1, 0.15) is 0 Å². The van der Waals surface area contributed by atoms with E-state index in [4.69, 9.17) is 0 Å². The fourth-order valence-electron chi connectivity index (χ4n) is 3.46. The Labute approximate surface area is 131 Å². The Hall–Kier alpha value is -0.870. The molecule has 1 atom stereocenters. The molecule has 1 aliphatic heterocycles. The van der Waals surface area contributed by atoms with E-state index in [1.54, 1.807) is 11.3 Å². The monoisotopic (exact) mass is 306 g/mol. The summed E-state index contributed by atoms with van der Waals surface area (Å²) in [5.74, 6) is 1.08. The number of fused-ring (bicyclic) bond motifs is 1. The standard InChI is InChI=1S/C17H26N2OS/c1-3-13-5-6-15-14(11-13)12-16(21-15)17(20)19-8-4-7-18(2)9-10-19/h12-13H,3-11H2,1-2H3/t13-/m0/s1. The maximum Gasteiger partial charge on any atom is 0.263 e. The molecule has 1 aliphatic carbocycles. The molecule has 2 aliphatic rings. The molecular weight excluding hydrogens is 280 g/mol. The summed E-state index contributed by atoms with van der Waals surface area (Å²) in [6.07, 6.45) is 6.00. The lowest BCUT2D eigenvalue weighted by molar-refractivity contribution is 0.0767. The molecule has 1 fully saturated rings. The Bertz CT molecular complexity index is 511. The molecule has 0 N–H and O–H groups in total. The SMILES string of the molecule is CC[C@H]1CCc2sc(C(=O)N3CCCN(C)CC3)cc2C1. The molecule has 0 spiro atoms. The number of carbonyl (C=O) groups is 1. The van der Waals surface area contributed by atoms with Crippen molar-refractivity contribution in [1.82, 2.24) is 9.80 Å². The second kappa shape index (κ2) is 6.49. The molecule has 0 aromatic carbocycles. The molecule has 1 amide bonds. The van der Waals surface area contributed by atoms with Gasteiger partial charge in [0, 0.05) is 24.5 Å². The highest BCUT2D eigenvalue weighted by molar-refractivity contribution is 7.14. The number of carbonyl (C=O) groups excluding carboxylic acids is 1. The quantitative estimate of drug-likeness (QED) is 0.838. The van der Waals surface area contributed by atoms with Crippen LogP contribution in [0.5, 0.6) is 0 Å². The van der Waals surface area contributed by atoms with E-state index in [1.165, 1.54) is 36.1 Å². The van der Waals surface area contributed by atoms with Gasteiger partial charge in [0.25, 0.3) is 5.91 Å². The normalized spacial score (nSPS) is 23.7. The van der Waals surface area contributed by atoms with Gasteiger partial charge in [0.05, 0.1) is 4.88 Å². The number of thiophene rings is 1. The molecule has 1 saturated heterocycles. The summed E-state index contributed by atoms with van der Waals surface area (Å²) in [4.78, 5) is 19.6. The van der Waals surface area contributed by atoms with Crippen LogP contribution >= 0.6 is 11.3 Å². The Kier molecular flexibility index (Phi) is 4.65. The van der Waals surface area contributed by atoms with Crippen LogP contribution in [0.2, 0.25) is 0 Å². The molecule has 1 aromatic rings. The third-order valence-corrected chi connectivity index (χ3v) is 6.20. The number of rotatable bonds is 2. The third-order valence-electron chi connectivity index (χ3n) is 4.98. The van der Waals surface area contributed by atoms with Gasteiger partial charge in [0.2, 0.25) is 0 Å². The first kappa shape index (κ1) is 15.0. The van der Waals surface area contributed by atoms with Crippen LogP contribution in [-0.2, 0) is 12.8 Å². The molecule has 2 heterocycles. The Morgan fingerprint density at radius 2 is 2.19 bits per heavy atom. The van der Waals surface area contributed by atoms with E-state index in [0.29, 0.717) is 0 Å². The van der Waals surface area contributed by atoms with Crippen LogP contribution in [0.1, 0.15) is 46.3 Å². The van der Waals surface area contributed by atoms with Gasteiger partial charge in [-0.25, -0.2) is 0 Å². The Balaban J connectivity index is 1.72. The van der Waals surface area contributed by atoms with Crippen molar-refractivity contribution in [2.75, 3.05) is 33.2 Å². The van der Waals surface area contributed by atoms with Crippen molar-refractivity contribution in [1.29, 1.82) is 0 Å². The lowest BCUT2D eigenvalue weighted by atomic mass is 9.87. The predicted octanol–water partition coefficient (Wildman–Crippen LogP) is 3.04. The van der Waals surface area contributed by atoms with Gasteiger partial charge < -0.3 is 9.80 Å². The number of likely N-dealkylation sites (N-methyl/N-ethyl adjacent to an activating group) is 1. The van der Waals surface area contributed by atoms with Crippen LogP contribution in [0.4, 0.5) is 0 Å². The molecule has 116 valence electrons. The van der Waals surface area contributed by atoms with E-state index >= 15 is 0 Å². The number of hydrogen-bond acceptors (Lipinski definition) is 3. The second-order valence-corrected chi connectivity index (χ2v) is 7.66. The summed E-state index contributed by atoms with van der Waals surface area (Å²) in [5, 5.41) is 0. The first-order chi connectivity index (χ1) is 10.2. The number of nitrogens with zero attached hydrogens (tertiary/aromatic N) is 2. The molecule has 4 heteroatoms. The summed E-state index contributed by atoms with van der Waals surface area (Å²) < 4.78 is 0. The van der Waals surface area contributed by atoms with E-state index < -0.39 is 0 Å². The zero-order valence-corrected chi connectivity index (χ0v) is 14.0. The second-order valence-electron chi connectivity index (χ2n) is 6.53. The van der Waals surface area contributed by atoms with Crippen LogP contribution in [0.3, 0.4) is 0 Å². The van der Waals surface area contributed by atoms with E-state index in [2.05, 4.69) is 29.8 Å². The molecule has 3 rings (SSSR count). The van der Waals surface area contributed by atoms with Crippen LogP contribution in [0.15, 0.2) is 6.07 Å². The average Bonchev–Trinajstić information content (AvgIpc) is 2.80. The van der Waals surface area contributed by atoms with Crippen molar-refractivity contribution in [3.63, 3.8) is 0 Å². The summed E-state index contributed by atoms with van der Waals surface area (Å²) in [7, 11) is 2.14. The van der Waals surface area contributed by atoms with Gasteiger partial charge in [-0.2, -0.15) is 0 Å². The van der Waals surface area contributed by atoms with E-state index in [1.807, 2.05) is 0 Å². The third kappa shape index (κ3) is 3.32. The van der Waals surface area contributed by atoms with Crippen LogP contribution in [0, 0.1) is 5.92 Å². The molecule has 0 saturated carbocycles. The van der Waals surface area contributed by atoms with Crippen LogP contribution in [0.25, 0.3) is 0 Å². The van der Waals surface area contributed by atoms with Crippen molar-refractivity contribution in [3.8, 4) is 0 Å². The molecule has 21 heavy (non-hydrogen) atoms. The molecule has 3 nitrogen and oxygen atoms in total. The van der Waals surface area contributed by atoms with Crippen molar-refractivity contribution in [2.45, 2.75) is 39.0 Å².